The third kappa shape index (κ3) is 3.40. The minimum Gasteiger partial charge on any atom is -0.508 e. The molecule has 7 heteroatoms. The van der Waals surface area contributed by atoms with Crippen molar-refractivity contribution in [2.75, 3.05) is 5.32 Å². The maximum Gasteiger partial charge on any atom is 0.296 e. The Labute approximate surface area is 128 Å². The van der Waals surface area contributed by atoms with Gasteiger partial charge in [-0.1, -0.05) is 17.7 Å². The van der Waals surface area contributed by atoms with Crippen LogP contribution in [0.25, 0.3) is 0 Å². The van der Waals surface area contributed by atoms with Crippen molar-refractivity contribution in [1.29, 1.82) is 0 Å². The molecule has 5 nitrogen and oxygen atoms in total. The van der Waals surface area contributed by atoms with Crippen molar-refractivity contribution in [1.82, 2.24) is 0 Å². The highest BCUT2D eigenvalue weighted by Gasteiger charge is 2.14. The van der Waals surface area contributed by atoms with E-state index in [1.54, 1.807) is 6.07 Å². The Balaban J connectivity index is 2.18. The van der Waals surface area contributed by atoms with Crippen LogP contribution in [0.5, 0.6) is 5.75 Å². The molecule has 20 heavy (non-hydrogen) atoms. The van der Waals surface area contributed by atoms with Crippen LogP contribution in [0, 0.1) is 10.1 Å². The number of hydrogen-bond donors (Lipinski definition) is 2. The highest BCUT2D eigenvalue weighted by molar-refractivity contribution is 9.10. The number of rotatable bonds is 4. The van der Waals surface area contributed by atoms with E-state index in [4.69, 9.17) is 11.6 Å². The molecule has 0 fully saturated rings. The molecule has 0 heterocycles. The summed E-state index contributed by atoms with van der Waals surface area (Å²) < 4.78 is 0.790. The molecule has 2 N–H and O–H groups in total. The van der Waals surface area contributed by atoms with Crippen molar-refractivity contribution >= 4 is 38.9 Å². The molecular weight excluding hydrogens is 348 g/mol. The lowest BCUT2D eigenvalue weighted by Gasteiger charge is -2.08. The Kier molecular flexibility index (Phi) is 4.46. The first kappa shape index (κ1) is 14.6. The third-order valence-corrected chi connectivity index (χ3v) is 3.88. The van der Waals surface area contributed by atoms with Gasteiger partial charge in [0, 0.05) is 11.0 Å². The fourth-order valence-electron chi connectivity index (χ4n) is 1.67. The summed E-state index contributed by atoms with van der Waals surface area (Å²) in [7, 11) is 0. The number of hydrogen-bond acceptors (Lipinski definition) is 4. The topological polar surface area (TPSA) is 75.4 Å². The molecule has 0 aliphatic carbocycles. The Bertz CT molecular complexity index is 664. The summed E-state index contributed by atoms with van der Waals surface area (Å²) in [5, 5.41) is 23.7. The van der Waals surface area contributed by atoms with E-state index in [0.717, 1.165) is 16.1 Å². The number of phenolic OH excluding ortho intramolecular Hbond substituents is 1. The van der Waals surface area contributed by atoms with Crippen LogP contribution in [-0.2, 0) is 6.54 Å². The number of nitro benzene ring substituents is 1. The van der Waals surface area contributed by atoms with Gasteiger partial charge < -0.3 is 10.4 Å². The number of nitrogens with one attached hydrogen (secondary N) is 1. The zero-order chi connectivity index (χ0) is 14.7. The molecule has 2 aromatic rings. The van der Waals surface area contributed by atoms with Gasteiger partial charge in [0.2, 0.25) is 0 Å². The largest absolute Gasteiger partial charge is 0.508 e. The van der Waals surface area contributed by atoms with Crippen molar-refractivity contribution < 1.29 is 10.0 Å². The summed E-state index contributed by atoms with van der Waals surface area (Å²) in [5.74, 6) is -0.145. The molecule has 0 atom stereocenters. The van der Waals surface area contributed by atoms with Crippen molar-refractivity contribution in [3.8, 4) is 5.75 Å². The lowest BCUT2D eigenvalue weighted by atomic mass is 10.2. The fourth-order valence-corrected chi connectivity index (χ4v) is 2.12. The quantitative estimate of drug-likeness (QED) is 0.485. The Hall–Kier alpha value is -1.79. The Morgan fingerprint density at radius 2 is 2.05 bits per heavy atom. The van der Waals surface area contributed by atoms with E-state index >= 15 is 0 Å². The normalized spacial score (nSPS) is 10.3. The predicted molar refractivity (Wildman–Crippen MR) is 81.2 cm³/mol. The van der Waals surface area contributed by atoms with Crippen molar-refractivity contribution in [2.45, 2.75) is 6.54 Å². The second-order valence-electron chi connectivity index (χ2n) is 4.06. The lowest BCUT2D eigenvalue weighted by molar-refractivity contribution is -0.384. The Morgan fingerprint density at radius 3 is 2.70 bits per heavy atom. The number of halogens is 2. The summed E-state index contributed by atoms with van der Waals surface area (Å²) in [6.45, 7) is 0.388. The van der Waals surface area contributed by atoms with Crippen LogP contribution in [0.2, 0.25) is 5.02 Å². The van der Waals surface area contributed by atoms with Crippen LogP contribution < -0.4 is 5.32 Å². The number of phenols is 1. The van der Waals surface area contributed by atoms with E-state index in [2.05, 4.69) is 21.2 Å². The van der Waals surface area contributed by atoms with Crippen LogP contribution in [0.3, 0.4) is 0 Å². The smallest absolute Gasteiger partial charge is 0.296 e. The Morgan fingerprint density at radius 1 is 1.30 bits per heavy atom. The van der Waals surface area contributed by atoms with Crippen LogP contribution in [-0.4, -0.2) is 10.0 Å². The van der Waals surface area contributed by atoms with Gasteiger partial charge in [0.25, 0.3) is 5.69 Å². The van der Waals surface area contributed by atoms with E-state index in [1.807, 2.05) is 12.1 Å². The summed E-state index contributed by atoms with van der Waals surface area (Å²) >= 11 is 9.28. The first-order chi connectivity index (χ1) is 9.47. The summed E-state index contributed by atoms with van der Waals surface area (Å²) in [6.07, 6.45) is 0. The SMILES string of the molecule is O=[N+]([O-])c1cc(O)ccc1NCc1ccc(Br)c(Cl)c1. The van der Waals surface area contributed by atoms with E-state index in [0.29, 0.717) is 17.3 Å². The van der Waals surface area contributed by atoms with Gasteiger partial charge in [-0.25, -0.2) is 0 Å². The minimum absolute atomic E-state index is 0.145. The van der Waals surface area contributed by atoms with Gasteiger partial charge in [-0.15, -0.1) is 0 Å². The van der Waals surface area contributed by atoms with E-state index in [1.165, 1.54) is 12.1 Å². The molecule has 0 bridgehead atoms. The minimum atomic E-state index is -0.545. The highest BCUT2D eigenvalue weighted by atomic mass is 79.9. The van der Waals surface area contributed by atoms with Crippen LogP contribution in [0.4, 0.5) is 11.4 Å². The van der Waals surface area contributed by atoms with Gasteiger partial charge >= 0.3 is 0 Å². The lowest BCUT2D eigenvalue weighted by Crippen LogP contribution is -2.02. The second kappa shape index (κ2) is 6.11. The molecule has 2 rings (SSSR count). The van der Waals surface area contributed by atoms with Gasteiger partial charge in [0.15, 0.2) is 0 Å². The molecule has 0 saturated heterocycles. The first-order valence-corrected chi connectivity index (χ1v) is 6.79. The van der Waals surface area contributed by atoms with Crippen molar-refractivity contribution in [2.24, 2.45) is 0 Å². The number of aromatic hydroxyl groups is 1. The van der Waals surface area contributed by atoms with Crippen LogP contribution >= 0.6 is 27.5 Å². The number of nitrogens with zero attached hydrogens (tertiary/aromatic N) is 1. The molecule has 0 radical (unpaired) electrons. The van der Waals surface area contributed by atoms with Gasteiger partial charge in [-0.05, 0) is 45.8 Å². The standard InChI is InChI=1S/C13H10BrClN2O3/c14-10-3-1-8(5-11(10)15)7-16-12-4-2-9(18)6-13(12)17(19)20/h1-6,16,18H,7H2. The third-order valence-electron chi connectivity index (χ3n) is 2.64. The van der Waals surface area contributed by atoms with Gasteiger partial charge in [-0.2, -0.15) is 0 Å². The molecular formula is C13H10BrClN2O3. The average molecular weight is 358 g/mol. The molecule has 0 aliphatic heterocycles. The van der Waals surface area contributed by atoms with E-state index in [-0.39, 0.29) is 11.4 Å². The van der Waals surface area contributed by atoms with Crippen molar-refractivity contribution in [3.05, 3.63) is 61.6 Å². The van der Waals surface area contributed by atoms with Gasteiger partial charge in [0.1, 0.15) is 11.4 Å². The molecule has 104 valence electrons. The highest BCUT2D eigenvalue weighted by Crippen LogP contribution is 2.29. The molecule has 0 saturated carbocycles. The fraction of sp³-hybridized carbons (Fsp3) is 0.0769. The summed E-state index contributed by atoms with van der Waals surface area (Å²) in [6, 6.07) is 9.40. The van der Waals surface area contributed by atoms with Crippen LogP contribution in [0.15, 0.2) is 40.9 Å². The molecule has 0 spiro atoms. The van der Waals surface area contributed by atoms with Gasteiger partial charge in [-0.3, -0.25) is 10.1 Å². The average Bonchev–Trinajstić information content (AvgIpc) is 2.41. The first-order valence-electron chi connectivity index (χ1n) is 5.62. The number of benzene rings is 2. The molecule has 0 aliphatic rings. The maximum absolute atomic E-state index is 10.9. The molecule has 0 amide bonds. The number of anilines is 1. The summed E-state index contributed by atoms with van der Waals surface area (Å²) in [4.78, 5) is 10.4. The van der Waals surface area contributed by atoms with Crippen molar-refractivity contribution in [3.63, 3.8) is 0 Å². The number of nitro groups is 1. The molecule has 2 aromatic carbocycles. The van der Waals surface area contributed by atoms with E-state index in [9.17, 15) is 15.2 Å². The van der Waals surface area contributed by atoms with Gasteiger partial charge in [0.05, 0.1) is 16.0 Å². The van der Waals surface area contributed by atoms with E-state index < -0.39 is 4.92 Å². The zero-order valence-corrected chi connectivity index (χ0v) is 12.5. The zero-order valence-electron chi connectivity index (χ0n) is 10.1. The van der Waals surface area contributed by atoms with Crippen LogP contribution in [0.1, 0.15) is 5.56 Å². The molecule has 0 aromatic heterocycles. The monoisotopic (exact) mass is 356 g/mol. The second-order valence-corrected chi connectivity index (χ2v) is 5.32. The summed E-state index contributed by atoms with van der Waals surface area (Å²) in [5.41, 5.74) is 1.06. The maximum atomic E-state index is 10.9. The predicted octanol–water partition coefficient (Wildman–Crippen LogP) is 4.33. The molecule has 0 unspecified atom stereocenters.